The van der Waals surface area contributed by atoms with Gasteiger partial charge in [0.1, 0.15) is 0 Å². The molecule has 1 rings (SSSR count). The second-order valence-electron chi connectivity index (χ2n) is 2.13. The molecule has 9 nitrogen and oxygen atoms in total. The Kier molecular flexibility index (Phi) is 2.42. The molecular formula is C5H6N6O3. The van der Waals surface area contributed by atoms with Crippen molar-refractivity contribution < 1.29 is 14.7 Å². The van der Waals surface area contributed by atoms with Crippen molar-refractivity contribution in [2.24, 2.45) is 0 Å². The Bertz CT molecular complexity index is 371. The second-order valence-corrected chi connectivity index (χ2v) is 2.13. The molecule has 0 aliphatic carbocycles. The van der Waals surface area contributed by atoms with E-state index in [9.17, 15) is 9.59 Å². The van der Waals surface area contributed by atoms with E-state index < -0.39 is 11.9 Å². The molecule has 1 aromatic heterocycles. The van der Waals surface area contributed by atoms with E-state index in [-0.39, 0.29) is 17.8 Å². The number of nitrogens with zero attached hydrogens (tertiary/aromatic N) is 3. The minimum absolute atomic E-state index is 0.210. The van der Waals surface area contributed by atoms with E-state index in [0.29, 0.717) is 0 Å². The molecule has 6 N–H and O–H groups in total. The topological polar surface area (TPSA) is 157 Å². The molecule has 0 saturated carbocycles. The van der Waals surface area contributed by atoms with Gasteiger partial charge in [-0.1, -0.05) is 0 Å². The first kappa shape index (κ1) is 9.64. The first-order chi connectivity index (χ1) is 6.49. The maximum Gasteiger partial charge on any atom is 0.394 e. The molecule has 1 heterocycles. The van der Waals surface area contributed by atoms with Gasteiger partial charge >= 0.3 is 11.9 Å². The van der Waals surface area contributed by atoms with Gasteiger partial charge in [-0.2, -0.15) is 15.0 Å². The molecule has 0 saturated heterocycles. The summed E-state index contributed by atoms with van der Waals surface area (Å²) in [6, 6.07) is 0. The van der Waals surface area contributed by atoms with Crippen LogP contribution in [0.5, 0.6) is 0 Å². The number of carbonyl (C=O) groups is 2. The lowest BCUT2D eigenvalue weighted by Crippen LogP contribution is -2.23. The van der Waals surface area contributed by atoms with Crippen molar-refractivity contribution in [1.29, 1.82) is 0 Å². The van der Waals surface area contributed by atoms with Gasteiger partial charge in [-0.3, -0.25) is 10.1 Å². The first-order valence-electron chi connectivity index (χ1n) is 3.30. The lowest BCUT2D eigenvalue weighted by Gasteiger charge is -2.00. The van der Waals surface area contributed by atoms with Crippen LogP contribution in [0.1, 0.15) is 0 Å². The number of carbonyl (C=O) groups excluding carboxylic acids is 1. The summed E-state index contributed by atoms with van der Waals surface area (Å²) in [4.78, 5) is 31.1. The van der Waals surface area contributed by atoms with Gasteiger partial charge in [-0.15, -0.1) is 0 Å². The summed E-state index contributed by atoms with van der Waals surface area (Å²) in [6.07, 6.45) is 0. The number of carboxylic acids is 1. The third-order valence-corrected chi connectivity index (χ3v) is 1.09. The zero-order valence-corrected chi connectivity index (χ0v) is 6.76. The average Bonchev–Trinajstić information content (AvgIpc) is 2.01. The van der Waals surface area contributed by atoms with Crippen LogP contribution in [0.2, 0.25) is 0 Å². The number of hydrogen-bond acceptors (Lipinski definition) is 7. The molecule has 0 spiro atoms. The Balaban J connectivity index is 2.87. The largest absolute Gasteiger partial charge is 0.474 e. The number of anilines is 3. The summed E-state index contributed by atoms with van der Waals surface area (Å²) in [5.41, 5.74) is 10.3. The molecule has 74 valence electrons. The van der Waals surface area contributed by atoms with Crippen LogP contribution in [-0.4, -0.2) is 31.9 Å². The standard InChI is InChI=1S/C5H6N6O3/c6-3-9-4(7)11-5(10-3)8-1(12)2(13)14/h(H,13,14)(H5,6,7,8,9,10,11,12). The Morgan fingerprint density at radius 1 is 1.14 bits per heavy atom. The molecule has 0 fully saturated rings. The van der Waals surface area contributed by atoms with Crippen molar-refractivity contribution in [3.05, 3.63) is 0 Å². The van der Waals surface area contributed by atoms with Crippen molar-refractivity contribution in [2.45, 2.75) is 0 Å². The van der Waals surface area contributed by atoms with Crippen LogP contribution in [0, 0.1) is 0 Å². The molecule has 0 aromatic carbocycles. The third kappa shape index (κ3) is 2.27. The van der Waals surface area contributed by atoms with Crippen LogP contribution >= 0.6 is 0 Å². The minimum Gasteiger partial charge on any atom is -0.474 e. The second kappa shape index (κ2) is 3.51. The van der Waals surface area contributed by atoms with Crippen LogP contribution in [0.4, 0.5) is 17.8 Å². The van der Waals surface area contributed by atoms with Gasteiger partial charge < -0.3 is 16.6 Å². The summed E-state index contributed by atoms with van der Waals surface area (Å²) >= 11 is 0. The fourth-order valence-corrected chi connectivity index (χ4v) is 0.620. The molecule has 0 radical (unpaired) electrons. The Morgan fingerprint density at radius 2 is 1.64 bits per heavy atom. The SMILES string of the molecule is Nc1nc(N)nc(NC(=O)C(=O)O)n1. The summed E-state index contributed by atoms with van der Waals surface area (Å²) in [5.74, 6) is -3.67. The van der Waals surface area contributed by atoms with E-state index in [0.717, 1.165) is 0 Å². The number of rotatable bonds is 1. The zero-order valence-electron chi connectivity index (χ0n) is 6.76. The number of amides is 1. The normalized spacial score (nSPS) is 9.43. The third-order valence-electron chi connectivity index (χ3n) is 1.09. The van der Waals surface area contributed by atoms with Crippen LogP contribution in [0.25, 0.3) is 0 Å². The van der Waals surface area contributed by atoms with Crippen molar-refractivity contribution in [1.82, 2.24) is 15.0 Å². The smallest absolute Gasteiger partial charge is 0.394 e. The van der Waals surface area contributed by atoms with Gasteiger partial charge in [0.25, 0.3) is 0 Å². The first-order valence-corrected chi connectivity index (χ1v) is 3.30. The summed E-state index contributed by atoms with van der Waals surface area (Å²) in [7, 11) is 0. The van der Waals surface area contributed by atoms with E-state index in [2.05, 4.69) is 15.0 Å². The predicted molar refractivity (Wildman–Crippen MR) is 44.9 cm³/mol. The van der Waals surface area contributed by atoms with Gasteiger partial charge in [-0.25, -0.2) is 4.79 Å². The molecule has 9 heteroatoms. The zero-order chi connectivity index (χ0) is 10.7. The molecule has 0 bridgehead atoms. The maximum atomic E-state index is 10.6. The average molecular weight is 198 g/mol. The predicted octanol–water partition coefficient (Wildman–Crippen LogP) is -1.94. The van der Waals surface area contributed by atoms with E-state index in [1.165, 1.54) is 0 Å². The quantitative estimate of drug-likeness (QED) is 0.379. The Labute approximate surface area is 77.2 Å². The number of nitrogen functional groups attached to an aromatic ring is 2. The lowest BCUT2D eigenvalue weighted by atomic mass is 10.6. The van der Waals surface area contributed by atoms with E-state index in [1.54, 1.807) is 0 Å². The Morgan fingerprint density at radius 3 is 2.07 bits per heavy atom. The monoisotopic (exact) mass is 198 g/mol. The van der Waals surface area contributed by atoms with Gasteiger partial charge in [-0.05, 0) is 0 Å². The number of carboxylic acid groups (broad SMARTS) is 1. The number of aromatic nitrogens is 3. The van der Waals surface area contributed by atoms with Crippen LogP contribution in [0.3, 0.4) is 0 Å². The number of hydrogen-bond donors (Lipinski definition) is 4. The molecule has 1 amide bonds. The fraction of sp³-hybridized carbons (Fsp3) is 0. The van der Waals surface area contributed by atoms with Gasteiger partial charge in [0, 0.05) is 0 Å². The van der Waals surface area contributed by atoms with Crippen molar-refractivity contribution >= 4 is 29.7 Å². The molecule has 1 aromatic rings. The highest BCUT2D eigenvalue weighted by atomic mass is 16.4. The molecular weight excluding hydrogens is 192 g/mol. The van der Waals surface area contributed by atoms with Gasteiger partial charge in [0.05, 0.1) is 0 Å². The Hall–Kier alpha value is -2.45. The van der Waals surface area contributed by atoms with Crippen molar-refractivity contribution in [3.8, 4) is 0 Å². The van der Waals surface area contributed by atoms with Crippen molar-refractivity contribution in [3.63, 3.8) is 0 Å². The summed E-state index contributed by atoms with van der Waals surface area (Å²) < 4.78 is 0. The van der Waals surface area contributed by atoms with Gasteiger partial charge in [0.15, 0.2) is 0 Å². The summed E-state index contributed by atoms with van der Waals surface area (Å²) in [6.45, 7) is 0. The number of aliphatic carboxylic acids is 1. The van der Waals surface area contributed by atoms with Crippen LogP contribution < -0.4 is 16.8 Å². The molecule has 0 atom stereocenters. The molecule has 0 aliphatic heterocycles. The molecule has 14 heavy (non-hydrogen) atoms. The van der Waals surface area contributed by atoms with Crippen LogP contribution in [-0.2, 0) is 9.59 Å². The van der Waals surface area contributed by atoms with Crippen LogP contribution in [0.15, 0.2) is 0 Å². The summed E-state index contributed by atoms with van der Waals surface area (Å²) in [5, 5.41) is 10.1. The number of nitrogens with two attached hydrogens (primary N) is 2. The highest BCUT2D eigenvalue weighted by molar-refractivity contribution is 6.36. The molecule has 0 unspecified atom stereocenters. The highest BCUT2D eigenvalue weighted by Crippen LogP contribution is 2.02. The van der Waals surface area contributed by atoms with Gasteiger partial charge in [0.2, 0.25) is 17.8 Å². The molecule has 0 aliphatic rings. The van der Waals surface area contributed by atoms with Crippen molar-refractivity contribution in [2.75, 3.05) is 16.8 Å². The number of nitrogens with one attached hydrogen (secondary N) is 1. The van der Waals surface area contributed by atoms with E-state index >= 15 is 0 Å². The minimum atomic E-state index is -1.66. The van der Waals surface area contributed by atoms with E-state index in [1.807, 2.05) is 5.32 Å². The highest BCUT2D eigenvalue weighted by Gasteiger charge is 2.13. The maximum absolute atomic E-state index is 10.6. The lowest BCUT2D eigenvalue weighted by molar-refractivity contribution is -0.147. The fourth-order valence-electron chi connectivity index (χ4n) is 0.620. The van der Waals surface area contributed by atoms with E-state index in [4.69, 9.17) is 16.6 Å².